The summed E-state index contributed by atoms with van der Waals surface area (Å²) in [5, 5.41) is 9.60. The Morgan fingerprint density at radius 2 is 2.21 bits per heavy atom. The van der Waals surface area contributed by atoms with Gasteiger partial charge in [-0.2, -0.15) is 5.26 Å². The van der Waals surface area contributed by atoms with Gasteiger partial charge in [-0.3, -0.25) is 0 Å². The molecule has 0 fully saturated rings. The highest BCUT2D eigenvalue weighted by molar-refractivity contribution is 9.10. The molecule has 0 bridgehead atoms. The van der Waals surface area contributed by atoms with Gasteiger partial charge in [0, 0.05) is 10.1 Å². The maximum atomic E-state index is 13.1. The quantitative estimate of drug-likeness (QED) is 0.710. The fourth-order valence-electron chi connectivity index (χ4n) is 1.37. The van der Waals surface area contributed by atoms with Crippen molar-refractivity contribution in [3.63, 3.8) is 0 Å². The standard InChI is InChI=1S/C10H5BrFNS/c1-5-2-6(12)3-7-9(11)8(4-13)14-10(5)7/h2-3H,1H3. The molecule has 0 atom stereocenters. The Morgan fingerprint density at radius 1 is 1.50 bits per heavy atom. The average Bonchev–Trinajstić information content (AvgIpc) is 2.44. The summed E-state index contributed by atoms with van der Waals surface area (Å²) in [5.74, 6) is -0.266. The lowest BCUT2D eigenvalue weighted by atomic mass is 10.2. The Labute approximate surface area is 92.9 Å². The Balaban J connectivity index is 2.94. The topological polar surface area (TPSA) is 23.8 Å². The van der Waals surface area contributed by atoms with Crippen molar-refractivity contribution in [2.75, 3.05) is 0 Å². The lowest BCUT2D eigenvalue weighted by Crippen LogP contribution is -1.77. The Bertz CT molecular complexity index is 553. The van der Waals surface area contributed by atoms with E-state index in [0.29, 0.717) is 9.35 Å². The lowest BCUT2D eigenvalue weighted by molar-refractivity contribution is 0.629. The molecule has 2 rings (SSSR count). The second-order valence-corrected chi connectivity index (χ2v) is 4.77. The van der Waals surface area contributed by atoms with Gasteiger partial charge in [-0.15, -0.1) is 11.3 Å². The molecule has 0 saturated carbocycles. The van der Waals surface area contributed by atoms with Gasteiger partial charge in [0.25, 0.3) is 0 Å². The molecule has 0 N–H and O–H groups in total. The van der Waals surface area contributed by atoms with Crippen molar-refractivity contribution in [1.82, 2.24) is 0 Å². The minimum absolute atomic E-state index is 0.266. The summed E-state index contributed by atoms with van der Waals surface area (Å²) in [7, 11) is 0. The predicted octanol–water partition coefficient (Wildman–Crippen LogP) is 3.98. The third kappa shape index (κ3) is 1.33. The van der Waals surface area contributed by atoms with Crippen molar-refractivity contribution < 1.29 is 4.39 Å². The number of benzene rings is 1. The van der Waals surface area contributed by atoms with Crippen LogP contribution in [0.15, 0.2) is 16.6 Å². The number of halogens is 2. The normalized spacial score (nSPS) is 10.4. The third-order valence-electron chi connectivity index (χ3n) is 1.98. The number of rotatable bonds is 0. The molecular formula is C10H5BrFNS. The maximum absolute atomic E-state index is 13.1. The van der Waals surface area contributed by atoms with Gasteiger partial charge < -0.3 is 0 Å². The first-order valence-electron chi connectivity index (χ1n) is 3.91. The fourth-order valence-corrected chi connectivity index (χ4v) is 3.09. The molecule has 70 valence electrons. The van der Waals surface area contributed by atoms with Crippen LogP contribution < -0.4 is 0 Å². The first-order chi connectivity index (χ1) is 6.63. The van der Waals surface area contributed by atoms with E-state index in [4.69, 9.17) is 5.26 Å². The van der Waals surface area contributed by atoms with Crippen LogP contribution >= 0.6 is 27.3 Å². The number of nitriles is 1. The van der Waals surface area contributed by atoms with Crippen molar-refractivity contribution in [3.05, 3.63) is 32.9 Å². The summed E-state index contributed by atoms with van der Waals surface area (Å²) in [6.07, 6.45) is 0. The van der Waals surface area contributed by atoms with Crippen LogP contribution in [0.3, 0.4) is 0 Å². The summed E-state index contributed by atoms with van der Waals surface area (Å²) >= 11 is 4.69. The minimum atomic E-state index is -0.266. The Kier molecular flexibility index (Phi) is 2.30. The Hall–Kier alpha value is -0.920. The molecule has 0 amide bonds. The molecule has 0 aliphatic heterocycles. The molecule has 0 unspecified atom stereocenters. The van der Waals surface area contributed by atoms with Crippen LogP contribution in [-0.4, -0.2) is 0 Å². The molecule has 14 heavy (non-hydrogen) atoms. The molecular weight excluding hydrogens is 265 g/mol. The first kappa shape index (κ1) is 9.63. The molecule has 4 heteroatoms. The number of fused-ring (bicyclic) bond motifs is 1. The first-order valence-corrected chi connectivity index (χ1v) is 5.52. The maximum Gasteiger partial charge on any atom is 0.124 e. The van der Waals surface area contributed by atoms with Gasteiger partial charge in [0.15, 0.2) is 0 Å². The Morgan fingerprint density at radius 3 is 2.86 bits per heavy atom. The fraction of sp³-hybridized carbons (Fsp3) is 0.100. The summed E-state index contributed by atoms with van der Waals surface area (Å²) in [6, 6.07) is 5.01. The van der Waals surface area contributed by atoms with Gasteiger partial charge in [0.1, 0.15) is 16.8 Å². The summed E-state index contributed by atoms with van der Waals surface area (Å²) in [4.78, 5) is 0.591. The zero-order chi connectivity index (χ0) is 10.3. The highest BCUT2D eigenvalue weighted by Gasteiger charge is 2.12. The number of hydrogen-bond acceptors (Lipinski definition) is 2. The summed E-state index contributed by atoms with van der Waals surface area (Å²) in [6.45, 7) is 1.84. The molecule has 0 aliphatic rings. The van der Waals surface area contributed by atoms with Gasteiger partial charge in [-0.1, -0.05) is 0 Å². The van der Waals surface area contributed by atoms with E-state index in [0.717, 1.165) is 15.6 Å². The van der Waals surface area contributed by atoms with E-state index in [1.807, 2.05) is 6.92 Å². The van der Waals surface area contributed by atoms with Crippen LogP contribution in [0, 0.1) is 24.1 Å². The molecule has 0 aliphatic carbocycles. The smallest absolute Gasteiger partial charge is 0.124 e. The second kappa shape index (κ2) is 3.34. The van der Waals surface area contributed by atoms with Gasteiger partial charge >= 0.3 is 0 Å². The van der Waals surface area contributed by atoms with Crippen LogP contribution in [0.5, 0.6) is 0 Å². The monoisotopic (exact) mass is 269 g/mol. The highest BCUT2D eigenvalue weighted by atomic mass is 79.9. The van der Waals surface area contributed by atoms with Crippen molar-refractivity contribution in [1.29, 1.82) is 5.26 Å². The van der Waals surface area contributed by atoms with E-state index in [1.54, 1.807) is 0 Å². The molecule has 0 saturated heterocycles. The van der Waals surface area contributed by atoms with Crippen LogP contribution in [0.1, 0.15) is 10.4 Å². The molecule has 1 nitrogen and oxygen atoms in total. The van der Waals surface area contributed by atoms with E-state index in [9.17, 15) is 4.39 Å². The molecule has 0 radical (unpaired) electrons. The van der Waals surface area contributed by atoms with E-state index in [-0.39, 0.29) is 5.82 Å². The van der Waals surface area contributed by atoms with Gasteiger partial charge in [-0.25, -0.2) is 4.39 Å². The van der Waals surface area contributed by atoms with E-state index in [1.165, 1.54) is 23.5 Å². The number of aryl methyl sites for hydroxylation is 1. The van der Waals surface area contributed by atoms with Crippen LogP contribution in [0.2, 0.25) is 0 Å². The van der Waals surface area contributed by atoms with Crippen molar-refractivity contribution >= 4 is 37.4 Å². The van der Waals surface area contributed by atoms with Crippen molar-refractivity contribution in [2.45, 2.75) is 6.92 Å². The molecule has 1 aromatic heterocycles. The van der Waals surface area contributed by atoms with Gasteiger partial charge in [-0.05, 0) is 40.5 Å². The molecule has 2 aromatic rings. The largest absolute Gasteiger partial charge is 0.207 e. The van der Waals surface area contributed by atoms with E-state index < -0.39 is 0 Å². The number of hydrogen-bond donors (Lipinski definition) is 0. The second-order valence-electron chi connectivity index (χ2n) is 2.96. The summed E-state index contributed by atoms with van der Waals surface area (Å²) in [5.41, 5.74) is 0.868. The van der Waals surface area contributed by atoms with Gasteiger partial charge in [0.2, 0.25) is 0 Å². The average molecular weight is 270 g/mol. The predicted molar refractivity (Wildman–Crippen MR) is 58.9 cm³/mol. The highest BCUT2D eigenvalue weighted by Crippen LogP contribution is 2.37. The van der Waals surface area contributed by atoms with Crippen molar-refractivity contribution in [3.8, 4) is 6.07 Å². The van der Waals surface area contributed by atoms with Gasteiger partial charge in [0.05, 0.1) is 4.47 Å². The number of thiophene rings is 1. The number of nitrogens with zero attached hydrogens (tertiary/aromatic N) is 1. The zero-order valence-corrected chi connectivity index (χ0v) is 9.67. The van der Waals surface area contributed by atoms with Crippen LogP contribution in [0.25, 0.3) is 10.1 Å². The van der Waals surface area contributed by atoms with Crippen LogP contribution in [-0.2, 0) is 0 Å². The van der Waals surface area contributed by atoms with Crippen LogP contribution in [0.4, 0.5) is 4.39 Å². The molecule has 0 spiro atoms. The minimum Gasteiger partial charge on any atom is -0.207 e. The SMILES string of the molecule is Cc1cc(F)cc2c(Br)c(C#N)sc12. The zero-order valence-electron chi connectivity index (χ0n) is 7.27. The lowest BCUT2D eigenvalue weighted by Gasteiger charge is -1.95. The summed E-state index contributed by atoms with van der Waals surface area (Å²) < 4.78 is 14.8. The van der Waals surface area contributed by atoms with Crippen molar-refractivity contribution in [2.24, 2.45) is 0 Å². The third-order valence-corrected chi connectivity index (χ3v) is 4.31. The van der Waals surface area contributed by atoms with E-state index in [2.05, 4.69) is 22.0 Å². The molecule has 1 aromatic carbocycles. The van der Waals surface area contributed by atoms with E-state index >= 15 is 0 Å². The molecule has 1 heterocycles.